The van der Waals surface area contributed by atoms with Crippen molar-refractivity contribution in [3.63, 3.8) is 0 Å². The van der Waals surface area contributed by atoms with Crippen molar-refractivity contribution in [2.75, 3.05) is 32.2 Å². The lowest BCUT2D eigenvalue weighted by Crippen LogP contribution is -2.26. The first-order chi connectivity index (χ1) is 12.2. The second kappa shape index (κ2) is 8.09. The molecule has 0 aliphatic carbocycles. The number of hydrogen-bond acceptors (Lipinski definition) is 5. The van der Waals surface area contributed by atoms with Crippen LogP contribution in [0.1, 0.15) is 15.9 Å². The third-order valence-corrected chi connectivity index (χ3v) is 4.26. The van der Waals surface area contributed by atoms with Crippen molar-refractivity contribution in [2.45, 2.75) is 6.54 Å². The first-order valence-corrected chi connectivity index (χ1v) is 9.67. The Morgan fingerprint density at radius 3 is 2.42 bits per heavy atom. The standard InChI is InChI=1S/C18H22N2O5S/c1-20(12-14-8-6-10-16(24-2)17(14)25-3)18(21)13-7-5-9-15(11-13)19-26(4,22)23/h5-11,19H,12H2,1-4H3. The predicted octanol–water partition coefficient (Wildman–Crippen LogP) is 2.35. The van der Waals surface area contributed by atoms with Crippen molar-refractivity contribution in [3.05, 3.63) is 53.6 Å². The summed E-state index contributed by atoms with van der Waals surface area (Å²) in [5.74, 6) is 0.916. The average Bonchev–Trinajstić information content (AvgIpc) is 2.59. The Hall–Kier alpha value is -2.74. The Morgan fingerprint density at radius 1 is 1.12 bits per heavy atom. The molecule has 7 nitrogen and oxygen atoms in total. The van der Waals surface area contributed by atoms with Gasteiger partial charge in [-0.2, -0.15) is 0 Å². The Labute approximate surface area is 153 Å². The first-order valence-electron chi connectivity index (χ1n) is 7.78. The highest BCUT2D eigenvalue weighted by Gasteiger charge is 2.17. The van der Waals surface area contributed by atoms with E-state index in [-0.39, 0.29) is 5.91 Å². The maximum absolute atomic E-state index is 12.7. The highest BCUT2D eigenvalue weighted by molar-refractivity contribution is 7.92. The minimum atomic E-state index is -3.41. The molecule has 0 aliphatic rings. The average molecular weight is 378 g/mol. The fourth-order valence-electron chi connectivity index (χ4n) is 2.56. The molecule has 0 atom stereocenters. The molecule has 0 aliphatic heterocycles. The molecule has 0 saturated carbocycles. The van der Waals surface area contributed by atoms with Gasteiger partial charge in [0.05, 0.1) is 20.5 Å². The number of methoxy groups -OCH3 is 2. The van der Waals surface area contributed by atoms with E-state index < -0.39 is 10.0 Å². The van der Waals surface area contributed by atoms with E-state index in [4.69, 9.17) is 9.47 Å². The van der Waals surface area contributed by atoms with Crippen LogP contribution >= 0.6 is 0 Å². The lowest BCUT2D eigenvalue weighted by atomic mass is 10.1. The van der Waals surface area contributed by atoms with Gasteiger partial charge in [0.25, 0.3) is 5.91 Å². The van der Waals surface area contributed by atoms with Gasteiger partial charge in [0, 0.05) is 30.4 Å². The molecule has 8 heteroatoms. The lowest BCUT2D eigenvalue weighted by molar-refractivity contribution is 0.0784. The van der Waals surface area contributed by atoms with Gasteiger partial charge in [0.1, 0.15) is 0 Å². The molecule has 0 saturated heterocycles. The van der Waals surface area contributed by atoms with Crippen LogP contribution in [0.4, 0.5) is 5.69 Å². The van der Waals surface area contributed by atoms with Crippen LogP contribution in [0.3, 0.4) is 0 Å². The third-order valence-electron chi connectivity index (χ3n) is 3.65. The Balaban J connectivity index is 2.22. The molecule has 0 bridgehead atoms. The van der Waals surface area contributed by atoms with Gasteiger partial charge in [-0.25, -0.2) is 8.42 Å². The summed E-state index contributed by atoms with van der Waals surface area (Å²) < 4.78 is 35.7. The molecule has 1 amide bonds. The second-order valence-electron chi connectivity index (χ2n) is 5.77. The molecule has 2 aromatic rings. The van der Waals surface area contributed by atoms with Crippen molar-refractivity contribution in [1.29, 1.82) is 0 Å². The van der Waals surface area contributed by atoms with Crippen molar-refractivity contribution in [3.8, 4) is 11.5 Å². The number of nitrogens with zero attached hydrogens (tertiary/aromatic N) is 1. The summed E-state index contributed by atoms with van der Waals surface area (Å²) in [4.78, 5) is 14.2. The van der Waals surface area contributed by atoms with E-state index in [1.165, 1.54) is 11.0 Å². The number of hydrogen-bond donors (Lipinski definition) is 1. The number of carbonyl (C=O) groups excluding carboxylic acids is 1. The van der Waals surface area contributed by atoms with Gasteiger partial charge in [0.2, 0.25) is 10.0 Å². The number of para-hydroxylation sites is 1. The smallest absolute Gasteiger partial charge is 0.253 e. The number of ether oxygens (including phenoxy) is 2. The molecular formula is C18H22N2O5S. The molecule has 0 fully saturated rings. The van der Waals surface area contributed by atoms with Crippen LogP contribution < -0.4 is 14.2 Å². The molecule has 2 rings (SSSR count). The van der Waals surface area contributed by atoms with Crippen molar-refractivity contribution >= 4 is 21.6 Å². The molecule has 0 unspecified atom stereocenters. The predicted molar refractivity (Wildman–Crippen MR) is 100 cm³/mol. The van der Waals surface area contributed by atoms with Crippen LogP contribution in [0.2, 0.25) is 0 Å². The summed E-state index contributed by atoms with van der Waals surface area (Å²) in [6.45, 7) is 0.308. The van der Waals surface area contributed by atoms with E-state index in [1.807, 2.05) is 12.1 Å². The van der Waals surface area contributed by atoms with Crippen LogP contribution in [0.15, 0.2) is 42.5 Å². The van der Waals surface area contributed by atoms with Gasteiger partial charge in [-0.1, -0.05) is 18.2 Å². The Morgan fingerprint density at radius 2 is 1.81 bits per heavy atom. The van der Waals surface area contributed by atoms with Crippen LogP contribution in [0, 0.1) is 0 Å². The molecule has 0 aromatic heterocycles. The molecule has 140 valence electrons. The van der Waals surface area contributed by atoms with Crippen molar-refractivity contribution in [2.24, 2.45) is 0 Å². The number of nitrogens with one attached hydrogen (secondary N) is 1. The molecule has 1 N–H and O–H groups in total. The highest BCUT2D eigenvalue weighted by atomic mass is 32.2. The summed E-state index contributed by atoms with van der Waals surface area (Å²) in [6, 6.07) is 11.8. The zero-order valence-corrected chi connectivity index (χ0v) is 16.0. The summed E-state index contributed by atoms with van der Waals surface area (Å²) in [6.07, 6.45) is 1.06. The monoisotopic (exact) mass is 378 g/mol. The van der Waals surface area contributed by atoms with Crippen LogP contribution in [0.5, 0.6) is 11.5 Å². The van der Waals surface area contributed by atoms with Crippen molar-refractivity contribution in [1.82, 2.24) is 4.90 Å². The maximum atomic E-state index is 12.7. The van der Waals surface area contributed by atoms with Gasteiger partial charge in [-0.15, -0.1) is 0 Å². The summed E-state index contributed by atoms with van der Waals surface area (Å²) >= 11 is 0. The van der Waals surface area contributed by atoms with Crippen LogP contribution in [-0.2, 0) is 16.6 Å². The largest absolute Gasteiger partial charge is 0.493 e. The molecule has 26 heavy (non-hydrogen) atoms. The van der Waals surface area contributed by atoms with E-state index in [0.717, 1.165) is 11.8 Å². The number of amides is 1. The first kappa shape index (κ1) is 19.6. The molecule has 0 radical (unpaired) electrons. The van der Waals surface area contributed by atoms with Gasteiger partial charge in [-0.3, -0.25) is 9.52 Å². The normalized spacial score (nSPS) is 10.9. The number of rotatable bonds is 7. The Bertz CT molecular complexity index is 896. The quantitative estimate of drug-likeness (QED) is 0.799. The Kier molecular flexibility index (Phi) is 6.10. The topological polar surface area (TPSA) is 84.9 Å². The van der Waals surface area contributed by atoms with E-state index >= 15 is 0 Å². The molecule has 0 heterocycles. The van der Waals surface area contributed by atoms with Crippen molar-refractivity contribution < 1.29 is 22.7 Å². The van der Waals surface area contributed by atoms with Gasteiger partial charge in [-0.05, 0) is 24.3 Å². The van der Waals surface area contributed by atoms with E-state index in [2.05, 4.69) is 4.72 Å². The summed E-state index contributed by atoms with van der Waals surface area (Å²) in [5.41, 5.74) is 1.52. The fourth-order valence-corrected chi connectivity index (χ4v) is 3.11. The highest BCUT2D eigenvalue weighted by Crippen LogP contribution is 2.31. The number of anilines is 1. The third kappa shape index (κ3) is 4.89. The summed E-state index contributed by atoms with van der Waals surface area (Å²) in [5, 5.41) is 0. The SMILES string of the molecule is COc1cccc(CN(C)C(=O)c2cccc(NS(C)(=O)=O)c2)c1OC. The fraction of sp³-hybridized carbons (Fsp3) is 0.278. The second-order valence-corrected chi connectivity index (χ2v) is 7.52. The molecular weight excluding hydrogens is 356 g/mol. The summed E-state index contributed by atoms with van der Waals surface area (Å²) in [7, 11) is 1.35. The lowest BCUT2D eigenvalue weighted by Gasteiger charge is -2.20. The number of benzene rings is 2. The zero-order chi connectivity index (χ0) is 19.3. The van der Waals surface area contributed by atoms with E-state index in [0.29, 0.717) is 29.3 Å². The maximum Gasteiger partial charge on any atom is 0.253 e. The van der Waals surface area contributed by atoms with E-state index in [9.17, 15) is 13.2 Å². The van der Waals surface area contributed by atoms with Gasteiger partial charge < -0.3 is 14.4 Å². The molecule has 0 spiro atoms. The minimum Gasteiger partial charge on any atom is -0.493 e. The van der Waals surface area contributed by atoms with Gasteiger partial charge in [0.15, 0.2) is 11.5 Å². The van der Waals surface area contributed by atoms with Gasteiger partial charge >= 0.3 is 0 Å². The number of carbonyl (C=O) groups is 1. The number of sulfonamides is 1. The van der Waals surface area contributed by atoms with Crippen LogP contribution in [0.25, 0.3) is 0 Å². The minimum absolute atomic E-state index is 0.243. The zero-order valence-electron chi connectivity index (χ0n) is 15.1. The van der Waals surface area contributed by atoms with E-state index in [1.54, 1.807) is 45.5 Å². The molecule has 2 aromatic carbocycles. The van der Waals surface area contributed by atoms with Crippen LogP contribution in [-0.4, -0.2) is 46.7 Å².